The fourth-order valence-electron chi connectivity index (χ4n) is 1.43. The molecule has 0 aromatic carbocycles. The van der Waals surface area contributed by atoms with Crippen LogP contribution in [0.2, 0.25) is 0 Å². The predicted molar refractivity (Wildman–Crippen MR) is 63.3 cm³/mol. The number of rotatable bonds is 6. The molecule has 0 aliphatic heterocycles. The highest BCUT2D eigenvalue weighted by atomic mass is 16.5. The van der Waals surface area contributed by atoms with Crippen LogP contribution in [-0.2, 0) is 16.1 Å². The highest BCUT2D eigenvalue weighted by Gasteiger charge is 2.15. The average Bonchev–Trinajstić information content (AvgIpc) is 2.74. The third-order valence-corrected chi connectivity index (χ3v) is 2.34. The summed E-state index contributed by atoms with van der Waals surface area (Å²) >= 11 is 0. The maximum Gasteiger partial charge on any atom is 0.322 e. The van der Waals surface area contributed by atoms with E-state index in [-0.39, 0.29) is 18.1 Å². The summed E-state index contributed by atoms with van der Waals surface area (Å²) in [5.74, 6) is 0.569. The lowest BCUT2D eigenvalue weighted by atomic mass is 10.3. The van der Waals surface area contributed by atoms with Crippen LogP contribution in [0.15, 0.2) is 6.33 Å². The Balaban J connectivity index is 2.50. The fourth-order valence-corrected chi connectivity index (χ4v) is 1.43. The second-order valence-electron chi connectivity index (χ2n) is 4.07. The Hall–Kier alpha value is -1.43. The Kier molecular flexibility index (Phi) is 5.09. The molecule has 0 fully saturated rings. The van der Waals surface area contributed by atoms with Gasteiger partial charge in [0.25, 0.3) is 0 Å². The van der Waals surface area contributed by atoms with Gasteiger partial charge in [0, 0.05) is 6.04 Å². The fraction of sp³-hybridized carbons (Fsp3) is 0.727. The van der Waals surface area contributed by atoms with Crippen molar-refractivity contribution in [1.82, 2.24) is 20.1 Å². The Labute approximate surface area is 101 Å². The average molecular weight is 240 g/mol. The van der Waals surface area contributed by atoms with Gasteiger partial charge in [-0.3, -0.25) is 10.1 Å². The zero-order chi connectivity index (χ0) is 12.8. The predicted octanol–water partition coefficient (Wildman–Crippen LogP) is 0.900. The molecule has 1 rings (SSSR count). The van der Waals surface area contributed by atoms with E-state index in [0.717, 1.165) is 5.82 Å². The number of carbonyl (C=O) groups is 1. The summed E-state index contributed by atoms with van der Waals surface area (Å²) in [7, 11) is 0. The number of hydrogen-bond donors (Lipinski definition) is 1. The topological polar surface area (TPSA) is 69.0 Å². The van der Waals surface area contributed by atoms with Crippen molar-refractivity contribution in [1.29, 1.82) is 0 Å². The SMILES string of the molecule is CCOC(=O)C(C)NCc1ncnn1C(C)C. The van der Waals surface area contributed by atoms with Crippen LogP contribution in [0.25, 0.3) is 0 Å². The first-order valence-corrected chi connectivity index (χ1v) is 5.84. The van der Waals surface area contributed by atoms with Gasteiger partial charge in [0.15, 0.2) is 0 Å². The minimum Gasteiger partial charge on any atom is -0.465 e. The molecule has 0 radical (unpaired) electrons. The van der Waals surface area contributed by atoms with E-state index in [2.05, 4.69) is 15.4 Å². The van der Waals surface area contributed by atoms with E-state index in [1.54, 1.807) is 13.8 Å². The van der Waals surface area contributed by atoms with Crippen molar-refractivity contribution < 1.29 is 9.53 Å². The van der Waals surface area contributed by atoms with Gasteiger partial charge in [-0.15, -0.1) is 0 Å². The lowest BCUT2D eigenvalue weighted by Crippen LogP contribution is -2.35. The van der Waals surface area contributed by atoms with Gasteiger partial charge < -0.3 is 4.74 Å². The normalized spacial score (nSPS) is 12.8. The van der Waals surface area contributed by atoms with Gasteiger partial charge in [-0.25, -0.2) is 9.67 Å². The summed E-state index contributed by atoms with van der Waals surface area (Å²) < 4.78 is 6.73. The molecule has 1 aromatic heterocycles. The standard InChI is InChI=1S/C11H20N4O2/c1-5-17-11(16)9(4)12-6-10-13-7-14-15(10)8(2)3/h7-9,12H,5-6H2,1-4H3. The molecule has 1 unspecified atom stereocenters. The van der Waals surface area contributed by atoms with Gasteiger partial charge in [0.1, 0.15) is 18.2 Å². The van der Waals surface area contributed by atoms with E-state index in [9.17, 15) is 4.79 Å². The van der Waals surface area contributed by atoms with Gasteiger partial charge in [-0.1, -0.05) is 0 Å². The van der Waals surface area contributed by atoms with Crippen molar-refractivity contribution in [3.63, 3.8) is 0 Å². The number of aromatic nitrogens is 3. The van der Waals surface area contributed by atoms with Crippen LogP contribution < -0.4 is 5.32 Å². The van der Waals surface area contributed by atoms with E-state index >= 15 is 0 Å². The second-order valence-corrected chi connectivity index (χ2v) is 4.07. The van der Waals surface area contributed by atoms with Crippen molar-refractivity contribution in [3.05, 3.63) is 12.2 Å². The first kappa shape index (κ1) is 13.6. The molecule has 0 aliphatic carbocycles. The molecular formula is C11H20N4O2. The number of nitrogens with one attached hydrogen (secondary N) is 1. The number of ether oxygens (including phenoxy) is 1. The summed E-state index contributed by atoms with van der Waals surface area (Å²) in [5.41, 5.74) is 0. The summed E-state index contributed by atoms with van der Waals surface area (Å²) in [6.07, 6.45) is 1.52. The van der Waals surface area contributed by atoms with Gasteiger partial charge in [-0.05, 0) is 27.7 Å². The zero-order valence-corrected chi connectivity index (χ0v) is 10.8. The molecule has 96 valence electrons. The minimum absolute atomic E-state index is 0.247. The maximum absolute atomic E-state index is 11.4. The molecule has 1 atom stereocenters. The molecule has 6 heteroatoms. The lowest BCUT2D eigenvalue weighted by Gasteiger charge is -2.13. The van der Waals surface area contributed by atoms with Crippen LogP contribution in [0.3, 0.4) is 0 Å². The molecule has 0 aliphatic rings. The third-order valence-electron chi connectivity index (χ3n) is 2.34. The molecule has 6 nitrogen and oxygen atoms in total. The van der Waals surface area contributed by atoms with Crippen LogP contribution in [0.5, 0.6) is 0 Å². The molecule has 0 saturated carbocycles. The van der Waals surface area contributed by atoms with Crippen LogP contribution in [0, 0.1) is 0 Å². The van der Waals surface area contributed by atoms with E-state index in [4.69, 9.17) is 4.74 Å². The Morgan fingerprint density at radius 1 is 1.53 bits per heavy atom. The molecule has 1 heterocycles. The quantitative estimate of drug-likeness (QED) is 0.748. The van der Waals surface area contributed by atoms with Crippen molar-refractivity contribution in [2.45, 2.75) is 46.3 Å². The first-order valence-electron chi connectivity index (χ1n) is 5.84. The Morgan fingerprint density at radius 3 is 2.82 bits per heavy atom. The summed E-state index contributed by atoms with van der Waals surface area (Å²) in [6.45, 7) is 8.53. The molecule has 17 heavy (non-hydrogen) atoms. The third kappa shape index (κ3) is 3.81. The van der Waals surface area contributed by atoms with Crippen LogP contribution in [-0.4, -0.2) is 33.4 Å². The monoisotopic (exact) mass is 240 g/mol. The zero-order valence-electron chi connectivity index (χ0n) is 10.8. The van der Waals surface area contributed by atoms with Crippen LogP contribution in [0.1, 0.15) is 39.6 Å². The van der Waals surface area contributed by atoms with E-state index in [1.807, 2.05) is 18.5 Å². The molecular weight excluding hydrogens is 220 g/mol. The largest absolute Gasteiger partial charge is 0.465 e. The molecule has 0 saturated heterocycles. The van der Waals surface area contributed by atoms with Gasteiger partial charge in [-0.2, -0.15) is 5.10 Å². The minimum atomic E-state index is -0.340. The van der Waals surface area contributed by atoms with Gasteiger partial charge in [0.2, 0.25) is 0 Å². The highest BCUT2D eigenvalue weighted by Crippen LogP contribution is 2.05. The van der Waals surface area contributed by atoms with Crippen molar-refractivity contribution in [2.75, 3.05) is 6.61 Å². The van der Waals surface area contributed by atoms with Crippen LogP contribution >= 0.6 is 0 Å². The van der Waals surface area contributed by atoms with Crippen molar-refractivity contribution in [3.8, 4) is 0 Å². The lowest BCUT2D eigenvalue weighted by molar-refractivity contribution is -0.145. The summed E-state index contributed by atoms with van der Waals surface area (Å²) in [5, 5.41) is 7.19. The summed E-state index contributed by atoms with van der Waals surface area (Å²) in [6, 6.07) is -0.0838. The van der Waals surface area contributed by atoms with Crippen molar-refractivity contribution in [2.24, 2.45) is 0 Å². The Bertz CT molecular complexity index is 362. The number of nitrogens with zero attached hydrogens (tertiary/aromatic N) is 3. The molecule has 1 N–H and O–H groups in total. The highest BCUT2D eigenvalue weighted by molar-refractivity contribution is 5.75. The maximum atomic E-state index is 11.4. The summed E-state index contributed by atoms with van der Waals surface area (Å²) in [4.78, 5) is 15.5. The number of esters is 1. The molecule has 0 bridgehead atoms. The number of hydrogen-bond acceptors (Lipinski definition) is 5. The van der Waals surface area contributed by atoms with Gasteiger partial charge in [0.05, 0.1) is 13.2 Å². The second kappa shape index (κ2) is 6.34. The molecule has 0 spiro atoms. The smallest absolute Gasteiger partial charge is 0.322 e. The number of carbonyl (C=O) groups excluding carboxylic acids is 1. The van der Waals surface area contributed by atoms with E-state index in [0.29, 0.717) is 13.2 Å². The first-order chi connectivity index (χ1) is 8.06. The van der Waals surface area contributed by atoms with E-state index < -0.39 is 0 Å². The molecule has 0 amide bonds. The van der Waals surface area contributed by atoms with Crippen molar-refractivity contribution >= 4 is 5.97 Å². The molecule has 1 aromatic rings. The van der Waals surface area contributed by atoms with Gasteiger partial charge >= 0.3 is 5.97 Å². The van der Waals surface area contributed by atoms with Crippen LogP contribution in [0.4, 0.5) is 0 Å². The Morgan fingerprint density at radius 2 is 2.24 bits per heavy atom. The van der Waals surface area contributed by atoms with E-state index in [1.165, 1.54) is 6.33 Å².